The monoisotopic (exact) mass is 402 g/mol. The molecule has 0 aromatic carbocycles. The number of nitrogens with zero attached hydrogens (tertiary/aromatic N) is 5. The van der Waals surface area contributed by atoms with Crippen molar-refractivity contribution in [1.29, 1.82) is 0 Å². The van der Waals surface area contributed by atoms with Gasteiger partial charge in [-0.15, -0.1) is 0 Å². The second-order valence-electron chi connectivity index (χ2n) is 7.69. The Balaban J connectivity index is 1.35. The molecule has 8 nitrogen and oxygen atoms in total. The summed E-state index contributed by atoms with van der Waals surface area (Å²) >= 11 is 0. The Labute approximate surface area is 173 Å². The van der Waals surface area contributed by atoms with Crippen molar-refractivity contribution in [3.05, 3.63) is 60.5 Å². The van der Waals surface area contributed by atoms with E-state index in [2.05, 4.69) is 25.4 Å². The summed E-state index contributed by atoms with van der Waals surface area (Å²) in [7, 11) is 1.87. The lowest BCUT2D eigenvalue weighted by atomic mass is 9.98. The normalized spacial score (nSPS) is 15.0. The maximum Gasteiger partial charge on any atom is 0.197 e. The van der Waals surface area contributed by atoms with Crippen LogP contribution in [0.25, 0.3) is 22.0 Å². The smallest absolute Gasteiger partial charge is 0.197 e. The van der Waals surface area contributed by atoms with Crippen molar-refractivity contribution >= 4 is 16.6 Å². The van der Waals surface area contributed by atoms with Crippen LogP contribution in [-0.4, -0.2) is 43.6 Å². The van der Waals surface area contributed by atoms with E-state index in [-0.39, 0.29) is 18.1 Å². The summed E-state index contributed by atoms with van der Waals surface area (Å²) in [6.07, 6.45) is 10.9. The van der Waals surface area contributed by atoms with E-state index in [4.69, 9.17) is 4.42 Å². The standard InChI is InChI=1S/C22H22N6O2/c1-28-12-17(11-26-28)19-7-15-6-18(24-9-16(15)10-25-19)8-21(29)20-13-30-22(27-20)14-2-4-23-5-3-14/h6-7,9-14,23H,2-5,8H2,1H3. The van der Waals surface area contributed by atoms with Crippen LogP contribution in [0.2, 0.25) is 0 Å². The maximum atomic E-state index is 12.7. The SMILES string of the molecule is Cn1cc(-c2cc3cc(CC(=O)c4coc(C5CCNCC5)n4)ncc3cn2)cn1. The van der Waals surface area contributed by atoms with Crippen LogP contribution >= 0.6 is 0 Å². The highest BCUT2D eigenvalue weighted by atomic mass is 16.3. The van der Waals surface area contributed by atoms with E-state index in [1.807, 2.05) is 25.4 Å². The van der Waals surface area contributed by atoms with E-state index in [0.717, 1.165) is 48.0 Å². The summed E-state index contributed by atoms with van der Waals surface area (Å²) < 4.78 is 7.35. The lowest BCUT2D eigenvalue weighted by molar-refractivity contribution is 0.0987. The highest BCUT2D eigenvalue weighted by Crippen LogP contribution is 2.25. The van der Waals surface area contributed by atoms with Crippen molar-refractivity contribution < 1.29 is 9.21 Å². The summed E-state index contributed by atoms with van der Waals surface area (Å²) in [5.74, 6) is 0.857. The number of hydrogen-bond acceptors (Lipinski definition) is 7. The molecule has 0 aliphatic carbocycles. The number of ketones is 1. The summed E-state index contributed by atoms with van der Waals surface area (Å²) in [6, 6.07) is 3.93. The van der Waals surface area contributed by atoms with Gasteiger partial charge in [-0.1, -0.05) is 0 Å². The molecule has 1 aliphatic rings. The summed E-state index contributed by atoms with van der Waals surface area (Å²) in [4.78, 5) is 26.1. The first-order valence-electron chi connectivity index (χ1n) is 10.1. The largest absolute Gasteiger partial charge is 0.448 e. The predicted octanol–water partition coefficient (Wildman–Crippen LogP) is 2.91. The second-order valence-corrected chi connectivity index (χ2v) is 7.69. The molecule has 0 spiro atoms. The number of rotatable bonds is 5. The van der Waals surface area contributed by atoms with Crippen LogP contribution in [0, 0.1) is 0 Å². The zero-order chi connectivity index (χ0) is 20.5. The van der Waals surface area contributed by atoms with Gasteiger partial charge >= 0.3 is 0 Å². The molecule has 152 valence electrons. The Hall–Kier alpha value is -3.39. The summed E-state index contributed by atoms with van der Waals surface area (Å²) in [5.41, 5.74) is 2.85. The van der Waals surface area contributed by atoms with E-state index >= 15 is 0 Å². The Morgan fingerprint density at radius 3 is 2.80 bits per heavy atom. The number of Topliss-reactive ketones (excluding diaryl/α,β-unsaturated/α-hetero) is 1. The van der Waals surface area contributed by atoms with Crippen LogP contribution in [-0.2, 0) is 13.5 Å². The van der Waals surface area contributed by atoms with Gasteiger partial charge in [0, 0.05) is 48.2 Å². The Morgan fingerprint density at radius 1 is 1.17 bits per heavy atom. The van der Waals surface area contributed by atoms with E-state index < -0.39 is 0 Å². The van der Waals surface area contributed by atoms with Gasteiger partial charge in [0.2, 0.25) is 0 Å². The molecule has 5 heterocycles. The van der Waals surface area contributed by atoms with Gasteiger partial charge in [0.25, 0.3) is 0 Å². The minimum absolute atomic E-state index is 0.0904. The van der Waals surface area contributed by atoms with Crippen LogP contribution in [0.5, 0.6) is 0 Å². The molecule has 0 amide bonds. The number of nitrogens with one attached hydrogen (secondary N) is 1. The van der Waals surface area contributed by atoms with Gasteiger partial charge in [-0.3, -0.25) is 19.4 Å². The predicted molar refractivity (Wildman–Crippen MR) is 111 cm³/mol. The summed E-state index contributed by atoms with van der Waals surface area (Å²) in [5, 5.41) is 9.43. The Kier molecular flexibility index (Phi) is 4.84. The van der Waals surface area contributed by atoms with Crippen molar-refractivity contribution in [3.8, 4) is 11.3 Å². The molecule has 8 heteroatoms. The topological polar surface area (TPSA) is 98.7 Å². The molecule has 0 radical (unpaired) electrons. The number of oxazole rings is 1. The van der Waals surface area contributed by atoms with Gasteiger partial charge in [0.1, 0.15) is 12.0 Å². The average molecular weight is 402 g/mol. The third-order valence-electron chi connectivity index (χ3n) is 5.50. The second kappa shape index (κ2) is 7.79. The quantitative estimate of drug-likeness (QED) is 0.513. The molecule has 1 N–H and O–H groups in total. The fraction of sp³-hybridized carbons (Fsp3) is 0.318. The van der Waals surface area contributed by atoms with Gasteiger partial charge < -0.3 is 9.73 Å². The molecule has 0 unspecified atom stereocenters. The average Bonchev–Trinajstić information content (AvgIpc) is 3.43. The van der Waals surface area contributed by atoms with Crippen LogP contribution in [0.1, 0.15) is 40.8 Å². The number of aryl methyl sites for hydroxylation is 1. The number of carbonyl (C=O) groups excluding carboxylic acids is 1. The number of aromatic nitrogens is 5. The van der Waals surface area contributed by atoms with Crippen LogP contribution < -0.4 is 5.32 Å². The molecular weight excluding hydrogens is 380 g/mol. The van der Waals surface area contributed by atoms with Crippen molar-refractivity contribution in [2.75, 3.05) is 13.1 Å². The molecule has 1 saturated heterocycles. The first-order valence-corrected chi connectivity index (χ1v) is 10.1. The highest BCUT2D eigenvalue weighted by molar-refractivity contribution is 5.96. The Bertz CT molecular complexity index is 1210. The molecular formula is C22H22N6O2. The lowest BCUT2D eigenvalue weighted by Gasteiger charge is -2.19. The number of hydrogen-bond donors (Lipinski definition) is 1. The summed E-state index contributed by atoms with van der Waals surface area (Å²) in [6.45, 7) is 1.90. The van der Waals surface area contributed by atoms with E-state index in [9.17, 15) is 4.79 Å². The van der Waals surface area contributed by atoms with Crippen molar-refractivity contribution in [2.24, 2.45) is 7.05 Å². The first kappa shape index (κ1) is 18.6. The minimum atomic E-state index is -0.0904. The molecule has 4 aromatic rings. The van der Waals surface area contributed by atoms with Crippen LogP contribution in [0.4, 0.5) is 0 Å². The number of fused-ring (bicyclic) bond motifs is 1. The van der Waals surface area contributed by atoms with Gasteiger partial charge in [-0.05, 0) is 43.5 Å². The molecule has 30 heavy (non-hydrogen) atoms. The third-order valence-corrected chi connectivity index (χ3v) is 5.50. The number of pyridine rings is 2. The molecule has 1 aliphatic heterocycles. The lowest BCUT2D eigenvalue weighted by Crippen LogP contribution is -2.26. The number of piperidine rings is 1. The minimum Gasteiger partial charge on any atom is -0.448 e. The van der Waals surface area contributed by atoms with E-state index in [0.29, 0.717) is 17.3 Å². The van der Waals surface area contributed by atoms with Crippen molar-refractivity contribution in [3.63, 3.8) is 0 Å². The third kappa shape index (κ3) is 3.73. The molecule has 0 saturated carbocycles. The molecule has 0 bridgehead atoms. The Morgan fingerprint density at radius 2 is 2.00 bits per heavy atom. The van der Waals surface area contributed by atoms with Gasteiger partial charge in [-0.25, -0.2) is 4.98 Å². The fourth-order valence-electron chi connectivity index (χ4n) is 3.82. The molecule has 5 rings (SSSR count). The van der Waals surface area contributed by atoms with Gasteiger partial charge in [-0.2, -0.15) is 5.10 Å². The zero-order valence-corrected chi connectivity index (χ0v) is 16.7. The van der Waals surface area contributed by atoms with Crippen molar-refractivity contribution in [2.45, 2.75) is 25.2 Å². The zero-order valence-electron chi connectivity index (χ0n) is 16.7. The number of carbonyl (C=O) groups is 1. The highest BCUT2D eigenvalue weighted by Gasteiger charge is 2.22. The van der Waals surface area contributed by atoms with Crippen molar-refractivity contribution in [1.82, 2.24) is 30.0 Å². The van der Waals surface area contributed by atoms with Crippen LogP contribution in [0.15, 0.2) is 47.6 Å². The van der Waals surface area contributed by atoms with Crippen LogP contribution in [0.3, 0.4) is 0 Å². The fourth-order valence-corrected chi connectivity index (χ4v) is 3.82. The first-order chi connectivity index (χ1) is 14.7. The molecule has 0 atom stereocenters. The maximum absolute atomic E-state index is 12.7. The van der Waals surface area contributed by atoms with Gasteiger partial charge in [0.05, 0.1) is 18.3 Å². The van der Waals surface area contributed by atoms with Gasteiger partial charge in [0.15, 0.2) is 11.7 Å². The molecule has 4 aromatic heterocycles. The molecule has 1 fully saturated rings. The van der Waals surface area contributed by atoms with E-state index in [1.165, 1.54) is 6.26 Å². The van der Waals surface area contributed by atoms with E-state index in [1.54, 1.807) is 23.3 Å².